The van der Waals surface area contributed by atoms with Gasteiger partial charge in [-0.2, -0.15) is 0 Å². The SMILES string of the molecule is CCN(C)C(=O)/C(C(=N)N(C=O)Cc1cccc(C)c1)=C(\O)CN1CCCCC1C(N)=O. The van der Waals surface area contributed by atoms with Gasteiger partial charge in [-0.3, -0.25) is 29.6 Å². The summed E-state index contributed by atoms with van der Waals surface area (Å²) in [6.45, 7) is 4.56. The molecule has 1 aromatic rings. The highest BCUT2D eigenvalue weighted by atomic mass is 16.3. The third kappa shape index (κ3) is 6.16. The smallest absolute Gasteiger partial charge is 0.260 e. The summed E-state index contributed by atoms with van der Waals surface area (Å²) in [5, 5.41) is 19.6. The second-order valence-electron chi connectivity index (χ2n) is 8.10. The third-order valence-electron chi connectivity index (χ3n) is 5.71. The first kappa shape index (κ1) is 25.1. The Morgan fingerprint density at radius 3 is 2.66 bits per heavy atom. The number of primary amides is 1. The van der Waals surface area contributed by atoms with Crippen LogP contribution in [0.15, 0.2) is 35.6 Å². The van der Waals surface area contributed by atoms with Gasteiger partial charge >= 0.3 is 0 Å². The Morgan fingerprint density at radius 2 is 2.06 bits per heavy atom. The highest BCUT2D eigenvalue weighted by molar-refractivity contribution is 6.21. The lowest BCUT2D eigenvalue weighted by Crippen LogP contribution is -2.49. The van der Waals surface area contributed by atoms with Crippen LogP contribution in [0.1, 0.15) is 37.3 Å². The molecule has 174 valence electrons. The number of rotatable bonds is 9. The largest absolute Gasteiger partial charge is 0.510 e. The van der Waals surface area contributed by atoms with Crippen molar-refractivity contribution in [3.63, 3.8) is 0 Å². The molecular weight excluding hydrogens is 410 g/mol. The van der Waals surface area contributed by atoms with Gasteiger partial charge in [0.05, 0.1) is 19.1 Å². The van der Waals surface area contributed by atoms with Gasteiger partial charge in [0.1, 0.15) is 17.2 Å². The predicted molar refractivity (Wildman–Crippen MR) is 122 cm³/mol. The average Bonchev–Trinajstić information content (AvgIpc) is 2.77. The van der Waals surface area contributed by atoms with Gasteiger partial charge in [0.15, 0.2) is 0 Å². The van der Waals surface area contributed by atoms with Crippen LogP contribution in [-0.2, 0) is 20.9 Å². The zero-order chi connectivity index (χ0) is 23.8. The molecule has 1 atom stereocenters. The summed E-state index contributed by atoms with van der Waals surface area (Å²) in [5.41, 5.74) is 7.05. The molecule has 32 heavy (non-hydrogen) atoms. The number of hydrogen-bond acceptors (Lipinski definition) is 6. The Labute approximate surface area is 189 Å². The number of amides is 3. The molecule has 2 rings (SSSR count). The van der Waals surface area contributed by atoms with E-state index in [9.17, 15) is 19.5 Å². The lowest BCUT2D eigenvalue weighted by atomic mass is 10.0. The van der Waals surface area contributed by atoms with Crippen molar-refractivity contribution in [1.82, 2.24) is 14.7 Å². The number of piperidine rings is 1. The first-order valence-electron chi connectivity index (χ1n) is 10.8. The van der Waals surface area contributed by atoms with E-state index in [0.717, 1.165) is 28.9 Å². The second-order valence-corrected chi connectivity index (χ2v) is 8.10. The molecular formula is C23H33N5O4. The van der Waals surface area contributed by atoms with Crippen molar-refractivity contribution in [3.8, 4) is 0 Å². The van der Waals surface area contributed by atoms with E-state index in [1.165, 1.54) is 4.90 Å². The summed E-state index contributed by atoms with van der Waals surface area (Å²) >= 11 is 0. The summed E-state index contributed by atoms with van der Waals surface area (Å²) in [5.74, 6) is -1.81. The molecule has 1 unspecified atom stereocenters. The first-order valence-corrected chi connectivity index (χ1v) is 10.8. The van der Waals surface area contributed by atoms with Crippen LogP contribution in [-0.4, -0.2) is 76.6 Å². The number of nitrogens with two attached hydrogens (primary N) is 1. The van der Waals surface area contributed by atoms with E-state index in [0.29, 0.717) is 25.9 Å². The zero-order valence-electron chi connectivity index (χ0n) is 19.0. The van der Waals surface area contributed by atoms with Crippen molar-refractivity contribution in [3.05, 3.63) is 46.7 Å². The molecule has 0 aromatic heterocycles. The number of benzene rings is 1. The Hall–Kier alpha value is -3.20. The Bertz CT molecular complexity index is 898. The molecule has 0 aliphatic carbocycles. The molecule has 1 aliphatic heterocycles. The van der Waals surface area contributed by atoms with Crippen LogP contribution >= 0.6 is 0 Å². The Morgan fingerprint density at radius 1 is 1.34 bits per heavy atom. The van der Waals surface area contributed by atoms with Crippen molar-refractivity contribution in [1.29, 1.82) is 5.41 Å². The molecule has 0 spiro atoms. The number of likely N-dealkylation sites (tertiary alicyclic amines) is 1. The van der Waals surface area contributed by atoms with Crippen molar-refractivity contribution in [2.75, 3.05) is 26.7 Å². The molecule has 0 bridgehead atoms. The quantitative estimate of drug-likeness (QED) is 0.175. The fourth-order valence-electron chi connectivity index (χ4n) is 3.79. The maximum absolute atomic E-state index is 13.1. The van der Waals surface area contributed by atoms with Crippen molar-refractivity contribution >= 4 is 24.1 Å². The standard InChI is InChI=1S/C23H33N5O4/c1-4-26(3)23(32)20(19(30)14-27-11-6-5-10-18(27)22(25)31)21(24)28(15-29)13-17-9-7-8-16(2)12-17/h7-9,12,15,18,24,30H,4-6,10-11,13-14H2,1-3H3,(H2,25,31)/b20-19-,24-21?. The lowest BCUT2D eigenvalue weighted by Gasteiger charge is -2.34. The Kier molecular flexibility index (Phi) is 8.95. The number of nitrogens with zero attached hydrogens (tertiary/aromatic N) is 3. The summed E-state index contributed by atoms with van der Waals surface area (Å²) < 4.78 is 0. The second kappa shape index (κ2) is 11.4. The van der Waals surface area contributed by atoms with Gasteiger partial charge in [-0.1, -0.05) is 36.2 Å². The number of aliphatic hydroxyl groups excluding tert-OH is 1. The van der Waals surface area contributed by atoms with E-state index in [4.69, 9.17) is 11.1 Å². The van der Waals surface area contributed by atoms with Gasteiger partial charge in [-0.25, -0.2) is 0 Å². The van der Waals surface area contributed by atoms with E-state index in [1.54, 1.807) is 18.9 Å². The van der Waals surface area contributed by atoms with Gasteiger partial charge < -0.3 is 15.7 Å². The number of aliphatic hydroxyl groups is 1. The molecule has 9 nitrogen and oxygen atoms in total. The van der Waals surface area contributed by atoms with Crippen LogP contribution < -0.4 is 5.73 Å². The molecule has 4 N–H and O–H groups in total. The van der Waals surface area contributed by atoms with Crippen molar-refractivity contribution in [2.24, 2.45) is 5.73 Å². The van der Waals surface area contributed by atoms with E-state index in [2.05, 4.69) is 0 Å². The molecule has 0 saturated carbocycles. The minimum Gasteiger partial charge on any atom is -0.510 e. The zero-order valence-corrected chi connectivity index (χ0v) is 19.0. The molecule has 9 heteroatoms. The van der Waals surface area contributed by atoms with Crippen molar-refractivity contribution < 1.29 is 19.5 Å². The fraction of sp³-hybridized carbons (Fsp3) is 0.478. The highest BCUT2D eigenvalue weighted by Gasteiger charge is 2.31. The van der Waals surface area contributed by atoms with Crippen LogP contribution in [0.3, 0.4) is 0 Å². The van der Waals surface area contributed by atoms with Crippen molar-refractivity contribution in [2.45, 2.75) is 45.7 Å². The maximum Gasteiger partial charge on any atom is 0.260 e. The van der Waals surface area contributed by atoms with Gasteiger partial charge in [-0.15, -0.1) is 0 Å². The summed E-state index contributed by atoms with van der Waals surface area (Å²) in [7, 11) is 1.56. The van der Waals surface area contributed by atoms with Crippen LogP contribution in [0, 0.1) is 12.3 Å². The third-order valence-corrected chi connectivity index (χ3v) is 5.71. The molecule has 1 aromatic carbocycles. The molecule has 1 saturated heterocycles. The van der Waals surface area contributed by atoms with E-state index < -0.39 is 23.7 Å². The van der Waals surface area contributed by atoms with Gasteiger partial charge in [0.25, 0.3) is 5.91 Å². The topological polar surface area (TPSA) is 131 Å². The first-order chi connectivity index (χ1) is 15.2. The minimum absolute atomic E-state index is 0.0809. The van der Waals surface area contributed by atoms with Gasteiger partial charge in [0.2, 0.25) is 12.3 Å². The predicted octanol–water partition coefficient (Wildman–Crippen LogP) is 1.56. The molecule has 1 heterocycles. The Balaban J connectivity index is 2.39. The summed E-state index contributed by atoms with van der Waals surface area (Å²) in [6.07, 6.45) is 2.74. The normalized spacial score (nSPS) is 17.3. The lowest BCUT2D eigenvalue weighted by molar-refractivity contribution is -0.125. The van der Waals surface area contributed by atoms with E-state index in [-0.39, 0.29) is 24.4 Å². The van der Waals surface area contributed by atoms with E-state index >= 15 is 0 Å². The molecule has 1 fully saturated rings. The maximum atomic E-state index is 13.1. The number of carbonyl (C=O) groups excluding carboxylic acids is 3. The van der Waals surface area contributed by atoms with Crippen LogP contribution in [0.2, 0.25) is 0 Å². The summed E-state index contributed by atoms with van der Waals surface area (Å²) in [6, 6.07) is 6.94. The molecule has 3 amide bonds. The number of hydrogen-bond donors (Lipinski definition) is 3. The minimum atomic E-state index is -0.571. The number of nitrogens with one attached hydrogen (secondary N) is 1. The molecule has 1 aliphatic rings. The number of amidine groups is 1. The fourth-order valence-corrected chi connectivity index (χ4v) is 3.79. The van der Waals surface area contributed by atoms with Crippen LogP contribution in [0.4, 0.5) is 0 Å². The number of carbonyl (C=O) groups is 3. The number of aryl methyl sites for hydroxylation is 1. The van der Waals surface area contributed by atoms with Gasteiger partial charge in [-0.05, 0) is 38.8 Å². The van der Waals surface area contributed by atoms with Crippen LogP contribution in [0.25, 0.3) is 0 Å². The van der Waals surface area contributed by atoms with E-state index in [1.807, 2.05) is 31.2 Å². The van der Waals surface area contributed by atoms with Gasteiger partial charge in [0, 0.05) is 13.6 Å². The average molecular weight is 444 g/mol. The summed E-state index contributed by atoms with van der Waals surface area (Å²) in [4.78, 5) is 40.9. The molecule has 0 radical (unpaired) electrons. The highest BCUT2D eigenvalue weighted by Crippen LogP contribution is 2.20. The monoisotopic (exact) mass is 443 g/mol. The number of likely N-dealkylation sites (N-methyl/N-ethyl adjacent to an activating group) is 1. The van der Waals surface area contributed by atoms with Crippen LogP contribution in [0.5, 0.6) is 0 Å².